The first-order chi connectivity index (χ1) is 8.66. The molecule has 1 atom stereocenters. The highest BCUT2D eigenvalue weighted by atomic mass is 16.5. The maximum atomic E-state index is 10.8. The molecule has 0 radical (unpaired) electrons. The van der Waals surface area contributed by atoms with Crippen LogP contribution in [0.2, 0.25) is 0 Å². The largest absolute Gasteiger partial charge is 0.492 e. The minimum Gasteiger partial charge on any atom is -0.492 e. The number of para-hydroxylation sites is 1. The van der Waals surface area contributed by atoms with Gasteiger partial charge in [0.25, 0.3) is 0 Å². The quantitative estimate of drug-likeness (QED) is 0.834. The Morgan fingerprint density at radius 2 is 2.11 bits per heavy atom. The van der Waals surface area contributed by atoms with Crippen LogP contribution >= 0.6 is 0 Å². The molecule has 1 fully saturated rings. The summed E-state index contributed by atoms with van der Waals surface area (Å²) in [6.07, 6.45) is 0. The van der Waals surface area contributed by atoms with Crippen molar-refractivity contribution in [2.45, 2.75) is 6.92 Å². The van der Waals surface area contributed by atoms with E-state index in [0.29, 0.717) is 12.5 Å². The fourth-order valence-corrected chi connectivity index (χ4v) is 2.12. The van der Waals surface area contributed by atoms with Crippen LogP contribution in [0.4, 0.5) is 0 Å². The van der Waals surface area contributed by atoms with E-state index in [9.17, 15) is 4.79 Å². The van der Waals surface area contributed by atoms with Crippen molar-refractivity contribution < 1.29 is 14.6 Å². The van der Waals surface area contributed by atoms with Crippen molar-refractivity contribution in [3.05, 3.63) is 30.3 Å². The first-order valence-electron chi connectivity index (χ1n) is 6.30. The summed E-state index contributed by atoms with van der Waals surface area (Å²) in [5, 5.41) is 8.89. The third-order valence-corrected chi connectivity index (χ3v) is 3.50. The van der Waals surface area contributed by atoms with E-state index >= 15 is 0 Å². The first kappa shape index (κ1) is 12.9. The van der Waals surface area contributed by atoms with E-state index in [1.54, 1.807) is 6.92 Å². The molecular formula is C14H19NO3. The molecule has 1 heterocycles. The third-order valence-electron chi connectivity index (χ3n) is 3.50. The van der Waals surface area contributed by atoms with Crippen LogP contribution in [0.25, 0.3) is 0 Å². The number of hydrogen-bond donors (Lipinski definition) is 1. The molecule has 0 saturated carbocycles. The molecule has 18 heavy (non-hydrogen) atoms. The van der Waals surface area contributed by atoms with Crippen LogP contribution in [0, 0.1) is 11.8 Å². The van der Waals surface area contributed by atoms with Gasteiger partial charge in [-0.25, -0.2) is 0 Å². The molecule has 98 valence electrons. The molecule has 0 aromatic heterocycles. The Hall–Kier alpha value is -1.55. The Kier molecular flexibility index (Phi) is 4.20. The van der Waals surface area contributed by atoms with Gasteiger partial charge in [0.05, 0.1) is 5.92 Å². The molecule has 1 aromatic rings. The predicted molar refractivity (Wildman–Crippen MR) is 68.7 cm³/mol. The van der Waals surface area contributed by atoms with E-state index < -0.39 is 5.97 Å². The molecule has 0 amide bonds. The summed E-state index contributed by atoms with van der Waals surface area (Å²) >= 11 is 0. The highest BCUT2D eigenvalue weighted by Crippen LogP contribution is 2.23. The Morgan fingerprint density at radius 3 is 2.72 bits per heavy atom. The molecule has 1 saturated heterocycles. The summed E-state index contributed by atoms with van der Waals surface area (Å²) < 4.78 is 5.60. The normalized spacial score (nSPS) is 18.1. The zero-order valence-electron chi connectivity index (χ0n) is 10.6. The fourth-order valence-electron chi connectivity index (χ4n) is 2.12. The molecular weight excluding hydrogens is 230 g/mol. The number of ether oxygens (including phenoxy) is 1. The summed E-state index contributed by atoms with van der Waals surface area (Å²) in [5.41, 5.74) is 0. The minimum absolute atomic E-state index is 0.240. The van der Waals surface area contributed by atoms with E-state index in [4.69, 9.17) is 9.84 Å². The van der Waals surface area contributed by atoms with Crippen molar-refractivity contribution in [2.75, 3.05) is 26.2 Å². The number of carbonyl (C=O) groups is 1. The number of benzene rings is 1. The van der Waals surface area contributed by atoms with Crippen molar-refractivity contribution in [2.24, 2.45) is 11.8 Å². The maximum absolute atomic E-state index is 10.8. The Morgan fingerprint density at radius 1 is 1.44 bits per heavy atom. The molecule has 4 nitrogen and oxygen atoms in total. The topological polar surface area (TPSA) is 49.8 Å². The van der Waals surface area contributed by atoms with Gasteiger partial charge in [0.1, 0.15) is 12.4 Å². The summed E-state index contributed by atoms with van der Waals surface area (Å²) in [7, 11) is 0. The van der Waals surface area contributed by atoms with Gasteiger partial charge in [-0.2, -0.15) is 0 Å². The van der Waals surface area contributed by atoms with E-state index in [-0.39, 0.29) is 5.92 Å². The van der Waals surface area contributed by atoms with Crippen molar-refractivity contribution >= 4 is 5.97 Å². The van der Waals surface area contributed by atoms with Crippen LogP contribution in [0.5, 0.6) is 5.75 Å². The molecule has 0 spiro atoms. The minimum atomic E-state index is -0.694. The van der Waals surface area contributed by atoms with Gasteiger partial charge in [0.2, 0.25) is 0 Å². The molecule has 0 aliphatic carbocycles. The van der Waals surface area contributed by atoms with Crippen LogP contribution in [-0.2, 0) is 4.79 Å². The van der Waals surface area contributed by atoms with Gasteiger partial charge >= 0.3 is 5.97 Å². The molecule has 1 unspecified atom stereocenters. The lowest BCUT2D eigenvalue weighted by Gasteiger charge is -2.41. The van der Waals surface area contributed by atoms with Gasteiger partial charge in [-0.05, 0) is 18.1 Å². The van der Waals surface area contributed by atoms with Gasteiger partial charge < -0.3 is 9.84 Å². The summed E-state index contributed by atoms with van der Waals surface area (Å²) in [5.74, 6) is 0.240. The maximum Gasteiger partial charge on any atom is 0.306 e. The van der Waals surface area contributed by atoms with Gasteiger partial charge in [-0.1, -0.05) is 25.1 Å². The fraction of sp³-hybridized carbons (Fsp3) is 0.500. The van der Waals surface area contributed by atoms with Crippen molar-refractivity contribution in [1.29, 1.82) is 0 Å². The first-order valence-corrected chi connectivity index (χ1v) is 6.30. The van der Waals surface area contributed by atoms with E-state index in [1.165, 1.54) is 0 Å². The third kappa shape index (κ3) is 3.23. The van der Waals surface area contributed by atoms with Crippen LogP contribution in [0.1, 0.15) is 6.92 Å². The van der Waals surface area contributed by atoms with Crippen LogP contribution in [0.15, 0.2) is 30.3 Å². The Balaban J connectivity index is 1.62. The van der Waals surface area contributed by atoms with Gasteiger partial charge in [0, 0.05) is 19.6 Å². The van der Waals surface area contributed by atoms with Crippen LogP contribution in [0.3, 0.4) is 0 Å². The summed E-state index contributed by atoms with van der Waals surface area (Å²) in [6, 6.07) is 9.73. The summed E-state index contributed by atoms with van der Waals surface area (Å²) in [4.78, 5) is 13.0. The second kappa shape index (κ2) is 5.87. The van der Waals surface area contributed by atoms with Gasteiger partial charge in [-0.15, -0.1) is 0 Å². The van der Waals surface area contributed by atoms with Gasteiger partial charge in [-0.3, -0.25) is 9.69 Å². The highest BCUT2D eigenvalue weighted by molar-refractivity contribution is 5.70. The molecule has 2 rings (SSSR count). The Bertz CT molecular complexity index is 387. The van der Waals surface area contributed by atoms with E-state index in [0.717, 1.165) is 25.4 Å². The molecule has 1 aliphatic heterocycles. The average molecular weight is 249 g/mol. The number of aliphatic carboxylic acids is 1. The summed E-state index contributed by atoms with van der Waals surface area (Å²) in [6.45, 7) is 5.03. The van der Waals surface area contributed by atoms with Crippen molar-refractivity contribution in [1.82, 2.24) is 4.90 Å². The van der Waals surface area contributed by atoms with Crippen molar-refractivity contribution in [3.8, 4) is 5.75 Å². The lowest BCUT2D eigenvalue weighted by atomic mass is 9.87. The number of rotatable bonds is 6. The van der Waals surface area contributed by atoms with Crippen LogP contribution < -0.4 is 4.74 Å². The zero-order chi connectivity index (χ0) is 13.0. The second-order valence-electron chi connectivity index (χ2n) is 4.81. The zero-order valence-corrected chi connectivity index (χ0v) is 10.6. The second-order valence-corrected chi connectivity index (χ2v) is 4.81. The standard InChI is InChI=1S/C14H19NO3/c1-11(14(16)17)12-9-15(10-12)7-8-18-13-5-3-2-4-6-13/h2-6,11-12H,7-10H2,1H3,(H,16,17). The molecule has 4 heteroatoms. The number of nitrogens with zero attached hydrogens (tertiary/aromatic N) is 1. The Labute approximate surface area is 107 Å². The van der Waals surface area contributed by atoms with E-state index in [2.05, 4.69) is 4.90 Å². The number of carboxylic acids is 1. The lowest BCUT2D eigenvalue weighted by Crippen LogP contribution is -2.52. The number of likely N-dealkylation sites (tertiary alicyclic amines) is 1. The smallest absolute Gasteiger partial charge is 0.306 e. The average Bonchev–Trinajstić information content (AvgIpc) is 2.32. The molecule has 1 N–H and O–H groups in total. The number of hydrogen-bond acceptors (Lipinski definition) is 3. The number of carboxylic acid groups (broad SMARTS) is 1. The highest BCUT2D eigenvalue weighted by Gasteiger charge is 2.34. The van der Waals surface area contributed by atoms with E-state index in [1.807, 2.05) is 30.3 Å². The van der Waals surface area contributed by atoms with Gasteiger partial charge in [0.15, 0.2) is 0 Å². The SMILES string of the molecule is CC(C(=O)O)C1CN(CCOc2ccccc2)C1. The molecule has 0 bridgehead atoms. The monoisotopic (exact) mass is 249 g/mol. The lowest BCUT2D eigenvalue weighted by molar-refractivity contribution is -0.145. The van der Waals surface area contributed by atoms with Crippen LogP contribution in [-0.4, -0.2) is 42.2 Å². The van der Waals surface area contributed by atoms with Crippen molar-refractivity contribution in [3.63, 3.8) is 0 Å². The molecule has 1 aromatic carbocycles. The molecule has 1 aliphatic rings. The predicted octanol–water partition coefficient (Wildman–Crippen LogP) is 1.72.